The van der Waals surface area contributed by atoms with Gasteiger partial charge in [-0.15, -0.1) is 0 Å². The predicted octanol–water partition coefficient (Wildman–Crippen LogP) is -6.61. The fraction of sp³-hybridized carbons (Fsp3) is 0. The molecular weight excluding hydrogens is 138 g/mol. The van der Waals surface area contributed by atoms with Gasteiger partial charge in [0.2, 0.25) is 5.95 Å². The summed E-state index contributed by atoms with van der Waals surface area (Å²) in [4.78, 5) is 3.53. The van der Waals surface area contributed by atoms with Gasteiger partial charge in [-0.3, -0.25) is 0 Å². The van der Waals surface area contributed by atoms with Crippen LogP contribution in [0.4, 0.5) is 5.95 Å². The van der Waals surface area contributed by atoms with Crippen molar-refractivity contribution in [1.82, 2.24) is 15.2 Å². The number of nitrogens with zero attached hydrogens (tertiary/aromatic N) is 2. The Kier molecular flexibility index (Phi) is 7.44. The van der Waals surface area contributed by atoms with Gasteiger partial charge in [0.05, 0.1) is 0 Å². The first-order valence-electron chi connectivity index (χ1n) is 1.50. The Bertz CT molecular complexity index is 118. The van der Waals surface area contributed by atoms with Crippen LogP contribution in [0.3, 0.4) is 0 Å². The second kappa shape index (κ2) is 5.37. The SMILES string of the molecule is Nc1ncn[nH]1.[Cl-].[Na+]. The molecule has 0 radical (unpaired) electrons. The van der Waals surface area contributed by atoms with Crippen molar-refractivity contribution in [3.63, 3.8) is 0 Å². The Morgan fingerprint density at radius 1 is 1.62 bits per heavy atom. The van der Waals surface area contributed by atoms with E-state index >= 15 is 0 Å². The number of hydrogen-bond donors (Lipinski definition) is 2. The zero-order valence-electron chi connectivity index (χ0n) is 4.43. The molecule has 1 rings (SSSR count). The average Bonchev–Trinajstić information content (AvgIpc) is 1.86. The number of H-pyrrole nitrogens is 1. The van der Waals surface area contributed by atoms with Crippen LogP contribution in [0, 0.1) is 0 Å². The zero-order valence-corrected chi connectivity index (χ0v) is 7.18. The summed E-state index contributed by atoms with van der Waals surface area (Å²) < 4.78 is 0. The molecule has 0 aliphatic carbocycles. The van der Waals surface area contributed by atoms with Gasteiger partial charge in [0.1, 0.15) is 6.33 Å². The molecule has 8 heavy (non-hydrogen) atoms. The summed E-state index contributed by atoms with van der Waals surface area (Å²) in [5, 5.41) is 5.88. The van der Waals surface area contributed by atoms with Gasteiger partial charge >= 0.3 is 29.6 Å². The monoisotopic (exact) mass is 142 g/mol. The summed E-state index contributed by atoms with van der Waals surface area (Å²) in [6.45, 7) is 0. The van der Waals surface area contributed by atoms with E-state index in [0.29, 0.717) is 5.95 Å². The van der Waals surface area contributed by atoms with E-state index in [2.05, 4.69) is 15.2 Å². The molecule has 0 spiro atoms. The van der Waals surface area contributed by atoms with Crippen LogP contribution in [-0.4, -0.2) is 15.2 Å². The number of nitrogens with one attached hydrogen (secondary N) is 1. The molecule has 0 atom stereocenters. The van der Waals surface area contributed by atoms with Crippen molar-refractivity contribution in [2.45, 2.75) is 0 Å². The van der Waals surface area contributed by atoms with Crippen LogP contribution >= 0.6 is 0 Å². The molecule has 0 bridgehead atoms. The summed E-state index contributed by atoms with van der Waals surface area (Å²) in [6.07, 6.45) is 1.36. The maximum Gasteiger partial charge on any atom is 1.00 e. The number of hydrogen-bond acceptors (Lipinski definition) is 3. The second-order valence-electron chi connectivity index (χ2n) is 0.871. The van der Waals surface area contributed by atoms with Crippen molar-refractivity contribution in [1.29, 1.82) is 0 Å². The number of aromatic amines is 1. The molecule has 0 unspecified atom stereocenters. The third-order valence-corrected chi connectivity index (χ3v) is 0.434. The van der Waals surface area contributed by atoms with Gasteiger partial charge in [0.15, 0.2) is 0 Å². The molecule has 1 aromatic rings. The van der Waals surface area contributed by atoms with Crippen LogP contribution in [-0.2, 0) is 0 Å². The third-order valence-electron chi connectivity index (χ3n) is 0.434. The van der Waals surface area contributed by atoms with Crippen LogP contribution in [0.1, 0.15) is 0 Å². The number of aromatic nitrogens is 3. The van der Waals surface area contributed by atoms with Gasteiger partial charge in [0, 0.05) is 0 Å². The van der Waals surface area contributed by atoms with E-state index in [1.807, 2.05) is 0 Å². The van der Waals surface area contributed by atoms with Crippen LogP contribution < -0.4 is 47.7 Å². The third kappa shape index (κ3) is 3.26. The van der Waals surface area contributed by atoms with Crippen LogP contribution in [0.2, 0.25) is 0 Å². The Morgan fingerprint density at radius 2 is 2.25 bits per heavy atom. The summed E-state index contributed by atoms with van der Waals surface area (Å²) >= 11 is 0. The molecule has 4 nitrogen and oxygen atoms in total. The first-order valence-corrected chi connectivity index (χ1v) is 1.50. The molecule has 0 saturated heterocycles. The summed E-state index contributed by atoms with van der Waals surface area (Å²) in [5.41, 5.74) is 5.05. The van der Waals surface area contributed by atoms with Crippen molar-refractivity contribution in [2.24, 2.45) is 0 Å². The Morgan fingerprint density at radius 3 is 2.38 bits per heavy atom. The van der Waals surface area contributed by atoms with Crippen molar-refractivity contribution in [3.8, 4) is 0 Å². The van der Waals surface area contributed by atoms with Crippen molar-refractivity contribution >= 4 is 5.95 Å². The maximum absolute atomic E-state index is 5.05. The molecule has 0 aromatic carbocycles. The Labute approximate surface area is 75.0 Å². The topological polar surface area (TPSA) is 67.6 Å². The largest absolute Gasteiger partial charge is 1.00 e. The average molecular weight is 143 g/mol. The number of nitrogens with two attached hydrogens (primary N) is 1. The fourth-order valence-corrected chi connectivity index (χ4v) is 0.215. The van der Waals surface area contributed by atoms with Gasteiger partial charge in [-0.1, -0.05) is 0 Å². The number of rotatable bonds is 0. The predicted molar refractivity (Wildman–Crippen MR) is 20.8 cm³/mol. The molecular formula is C2H4ClN4Na. The minimum atomic E-state index is 0. The summed E-state index contributed by atoms with van der Waals surface area (Å²) in [5.74, 6) is 0.356. The number of nitrogen functional groups attached to an aromatic ring is 1. The normalized spacial score (nSPS) is 6.50. The molecule has 1 heterocycles. The smallest absolute Gasteiger partial charge is 1.00 e. The second-order valence-corrected chi connectivity index (χ2v) is 0.871. The van der Waals surface area contributed by atoms with E-state index in [9.17, 15) is 0 Å². The molecule has 0 saturated carbocycles. The van der Waals surface area contributed by atoms with E-state index in [0.717, 1.165) is 0 Å². The number of halogens is 1. The van der Waals surface area contributed by atoms with Gasteiger partial charge < -0.3 is 18.1 Å². The van der Waals surface area contributed by atoms with E-state index in [1.54, 1.807) is 0 Å². The molecule has 0 aliphatic heterocycles. The Balaban J connectivity index is 0. The van der Waals surface area contributed by atoms with Crippen molar-refractivity contribution in [3.05, 3.63) is 6.33 Å². The Hall–Kier alpha value is 0.230. The summed E-state index contributed by atoms with van der Waals surface area (Å²) in [7, 11) is 0. The summed E-state index contributed by atoms with van der Waals surface area (Å²) in [6, 6.07) is 0. The molecule has 0 aliphatic rings. The first kappa shape index (κ1) is 11.1. The van der Waals surface area contributed by atoms with E-state index in [1.165, 1.54) is 6.33 Å². The van der Waals surface area contributed by atoms with Gasteiger partial charge in [-0.2, -0.15) is 5.10 Å². The zero-order chi connectivity index (χ0) is 4.41. The van der Waals surface area contributed by atoms with Crippen molar-refractivity contribution < 1.29 is 42.0 Å². The van der Waals surface area contributed by atoms with Gasteiger partial charge in [-0.25, -0.2) is 10.1 Å². The molecule has 0 fully saturated rings. The quantitative estimate of drug-likeness (QED) is 0.354. The molecule has 1 aromatic heterocycles. The molecule has 40 valence electrons. The number of anilines is 1. The molecule has 6 heteroatoms. The van der Waals surface area contributed by atoms with Crippen molar-refractivity contribution in [2.75, 3.05) is 5.73 Å². The molecule has 0 amide bonds. The van der Waals surface area contributed by atoms with E-state index in [-0.39, 0.29) is 42.0 Å². The van der Waals surface area contributed by atoms with Crippen LogP contribution in [0.25, 0.3) is 0 Å². The van der Waals surface area contributed by atoms with Gasteiger partial charge in [0.25, 0.3) is 0 Å². The van der Waals surface area contributed by atoms with E-state index in [4.69, 9.17) is 5.73 Å². The first-order chi connectivity index (χ1) is 2.89. The minimum absolute atomic E-state index is 0. The standard InChI is InChI=1S/C2H4N4.ClH.Na/c3-2-4-1-5-6-2;;/h1H,(H3,3,4,5,6);1H;/q;;+1/p-1. The van der Waals surface area contributed by atoms with E-state index < -0.39 is 0 Å². The fourth-order valence-electron chi connectivity index (χ4n) is 0.215. The van der Waals surface area contributed by atoms with Crippen LogP contribution in [0.5, 0.6) is 0 Å². The van der Waals surface area contributed by atoms with Crippen LogP contribution in [0.15, 0.2) is 6.33 Å². The molecule has 3 N–H and O–H groups in total. The minimum Gasteiger partial charge on any atom is -1.00 e. The maximum atomic E-state index is 5.05. The van der Waals surface area contributed by atoms with Gasteiger partial charge in [-0.05, 0) is 0 Å².